The highest BCUT2D eigenvalue weighted by Crippen LogP contribution is 2.18. The van der Waals surface area contributed by atoms with Crippen LogP contribution in [-0.2, 0) is 9.53 Å². The monoisotopic (exact) mass is 335 g/mol. The van der Waals surface area contributed by atoms with E-state index in [2.05, 4.69) is 10.5 Å². The number of nitro groups is 1. The molecule has 1 aromatic rings. The maximum Gasteiger partial charge on any atom is 0.314 e. The normalized spacial score (nSPS) is 12.6. The molecule has 0 radical (unpaired) electrons. The highest BCUT2D eigenvalue weighted by molar-refractivity contribution is 6.03. The first-order chi connectivity index (χ1) is 11.3. The molecule has 1 N–H and O–H groups in total. The van der Waals surface area contributed by atoms with Crippen LogP contribution in [0, 0.1) is 22.0 Å². The van der Waals surface area contributed by atoms with Gasteiger partial charge in [-0.3, -0.25) is 19.7 Å². The van der Waals surface area contributed by atoms with Crippen LogP contribution in [-0.4, -0.2) is 29.1 Å². The van der Waals surface area contributed by atoms with Crippen molar-refractivity contribution in [2.45, 2.75) is 27.7 Å². The third-order valence-electron chi connectivity index (χ3n) is 3.34. The lowest BCUT2D eigenvalue weighted by atomic mass is 9.92. The molecule has 1 rings (SSSR count). The van der Waals surface area contributed by atoms with Crippen LogP contribution in [0.25, 0.3) is 0 Å². The predicted octanol–water partition coefficient (Wildman–Crippen LogP) is 2.54. The van der Waals surface area contributed by atoms with Gasteiger partial charge in [0.2, 0.25) is 0 Å². The number of nitrogens with zero attached hydrogens (tertiary/aromatic N) is 2. The van der Waals surface area contributed by atoms with Gasteiger partial charge in [0.05, 0.1) is 17.4 Å². The van der Waals surface area contributed by atoms with Gasteiger partial charge in [-0.15, -0.1) is 0 Å². The third-order valence-corrected chi connectivity index (χ3v) is 3.34. The Morgan fingerprint density at radius 1 is 1.33 bits per heavy atom. The molecular formula is C16H21N3O5. The Kier molecular flexibility index (Phi) is 7.03. The molecule has 1 aromatic carbocycles. The summed E-state index contributed by atoms with van der Waals surface area (Å²) in [6.07, 6.45) is 0. The van der Waals surface area contributed by atoms with E-state index in [-0.39, 0.29) is 23.8 Å². The zero-order valence-corrected chi connectivity index (χ0v) is 14.1. The summed E-state index contributed by atoms with van der Waals surface area (Å²) in [6, 6.07) is 5.57. The highest BCUT2D eigenvalue weighted by Gasteiger charge is 2.27. The topological polar surface area (TPSA) is 111 Å². The van der Waals surface area contributed by atoms with Crippen molar-refractivity contribution in [3.05, 3.63) is 39.9 Å². The lowest BCUT2D eigenvalue weighted by Gasteiger charge is -2.18. The smallest absolute Gasteiger partial charge is 0.314 e. The van der Waals surface area contributed by atoms with Gasteiger partial charge in [-0.25, -0.2) is 5.43 Å². The van der Waals surface area contributed by atoms with Gasteiger partial charge >= 0.3 is 5.97 Å². The molecule has 130 valence electrons. The van der Waals surface area contributed by atoms with Crippen LogP contribution in [0.2, 0.25) is 0 Å². The lowest BCUT2D eigenvalue weighted by Crippen LogP contribution is -2.31. The molecule has 8 nitrogen and oxygen atoms in total. The second-order valence-electron chi connectivity index (χ2n) is 5.44. The summed E-state index contributed by atoms with van der Waals surface area (Å²) >= 11 is 0. The quantitative estimate of drug-likeness (QED) is 0.356. The second-order valence-corrected chi connectivity index (χ2v) is 5.44. The molecular weight excluding hydrogens is 314 g/mol. The van der Waals surface area contributed by atoms with Gasteiger partial charge in [-0.05, 0) is 25.8 Å². The first-order valence-electron chi connectivity index (χ1n) is 7.54. The number of benzene rings is 1. The molecule has 24 heavy (non-hydrogen) atoms. The molecule has 0 aliphatic carbocycles. The molecule has 0 heterocycles. The van der Waals surface area contributed by atoms with Gasteiger partial charge in [0.25, 0.3) is 11.6 Å². The van der Waals surface area contributed by atoms with E-state index in [9.17, 15) is 19.7 Å². The minimum atomic E-state index is -0.715. The van der Waals surface area contributed by atoms with Crippen LogP contribution in [0.4, 0.5) is 5.69 Å². The van der Waals surface area contributed by atoms with Crippen molar-refractivity contribution in [2.75, 3.05) is 6.61 Å². The minimum Gasteiger partial charge on any atom is -0.465 e. The van der Waals surface area contributed by atoms with Crippen molar-refractivity contribution in [2.24, 2.45) is 16.9 Å². The second kappa shape index (κ2) is 8.76. The Hall–Kier alpha value is -2.77. The molecule has 1 amide bonds. The molecule has 0 saturated carbocycles. The van der Waals surface area contributed by atoms with E-state index in [0.29, 0.717) is 5.71 Å². The predicted molar refractivity (Wildman–Crippen MR) is 88.6 cm³/mol. The molecule has 8 heteroatoms. The van der Waals surface area contributed by atoms with E-state index >= 15 is 0 Å². The van der Waals surface area contributed by atoms with E-state index in [4.69, 9.17) is 4.74 Å². The van der Waals surface area contributed by atoms with Gasteiger partial charge in [0.1, 0.15) is 5.56 Å². The van der Waals surface area contributed by atoms with Crippen LogP contribution in [0.3, 0.4) is 0 Å². The zero-order valence-electron chi connectivity index (χ0n) is 14.1. The molecule has 0 aromatic heterocycles. The summed E-state index contributed by atoms with van der Waals surface area (Å²) in [6.45, 7) is 7.23. The number of nitrogens with one attached hydrogen (secondary N) is 1. The van der Waals surface area contributed by atoms with Crippen molar-refractivity contribution in [3.8, 4) is 0 Å². The summed E-state index contributed by atoms with van der Waals surface area (Å²) in [5.74, 6) is -1.81. The van der Waals surface area contributed by atoms with E-state index in [1.165, 1.54) is 24.3 Å². The van der Waals surface area contributed by atoms with Gasteiger partial charge in [-0.2, -0.15) is 5.10 Å². The third kappa shape index (κ3) is 4.87. The lowest BCUT2D eigenvalue weighted by molar-refractivity contribution is -0.385. The van der Waals surface area contributed by atoms with Gasteiger partial charge in [-0.1, -0.05) is 26.0 Å². The average molecular weight is 335 g/mol. The number of para-hydroxylation sites is 1. The SMILES string of the molecule is CCOC(=O)[C@H](/C(C)=N\NC(=O)c1ccccc1[N+](=O)[O-])C(C)C. The van der Waals surface area contributed by atoms with E-state index in [0.717, 1.165) is 0 Å². The summed E-state index contributed by atoms with van der Waals surface area (Å²) < 4.78 is 5.01. The number of esters is 1. The zero-order chi connectivity index (χ0) is 18.3. The van der Waals surface area contributed by atoms with Crippen LogP contribution >= 0.6 is 0 Å². The Labute approximate surface area is 140 Å². The van der Waals surface area contributed by atoms with Crippen LogP contribution in [0.1, 0.15) is 38.1 Å². The molecule has 0 fully saturated rings. The number of carbonyl (C=O) groups is 2. The van der Waals surface area contributed by atoms with E-state index in [1.54, 1.807) is 13.8 Å². The first-order valence-corrected chi connectivity index (χ1v) is 7.54. The van der Waals surface area contributed by atoms with Crippen molar-refractivity contribution in [3.63, 3.8) is 0 Å². The van der Waals surface area contributed by atoms with Crippen molar-refractivity contribution in [1.29, 1.82) is 0 Å². The number of carbonyl (C=O) groups excluding carboxylic acids is 2. The van der Waals surface area contributed by atoms with Crippen LogP contribution in [0.15, 0.2) is 29.4 Å². The van der Waals surface area contributed by atoms with E-state index < -0.39 is 22.7 Å². The first kappa shape index (κ1) is 19.3. The summed E-state index contributed by atoms with van der Waals surface area (Å²) in [5.41, 5.74) is 2.22. The maximum atomic E-state index is 12.1. The molecule has 0 unspecified atom stereocenters. The highest BCUT2D eigenvalue weighted by atomic mass is 16.6. The average Bonchev–Trinajstić information content (AvgIpc) is 2.52. The fourth-order valence-corrected chi connectivity index (χ4v) is 2.25. The largest absolute Gasteiger partial charge is 0.465 e. The number of amides is 1. The number of ether oxygens (including phenoxy) is 1. The minimum absolute atomic E-state index is 0.0734. The Morgan fingerprint density at radius 2 is 1.96 bits per heavy atom. The summed E-state index contributed by atoms with van der Waals surface area (Å²) in [5, 5.41) is 14.9. The molecule has 0 aliphatic heterocycles. The van der Waals surface area contributed by atoms with Crippen molar-refractivity contribution in [1.82, 2.24) is 5.43 Å². The number of hydrogen-bond acceptors (Lipinski definition) is 6. The number of rotatable bonds is 7. The Morgan fingerprint density at radius 3 is 2.50 bits per heavy atom. The fraction of sp³-hybridized carbons (Fsp3) is 0.438. The number of nitro benzene ring substituents is 1. The van der Waals surface area contributed by atoms with Crippen LogP contribution < -0.4 is 5.43 Å². The van der Waals surface area contributed by atoms with Gasteiger partial charge < -0.3 is 4.74 Å². The molecule has 0 bridgehead atoms. The van der Waals surface area contributed by atoms with Crippen molar-refractivity contribution >= 4 is 23.3 Å². The Bertz CT molecular complexity index is 655. The van der Waals surface area contributed by atoms with Crippen LogP contribution in [0.5, 0.6) is 0 Å². The molecule has 0 aliphatic rings. The van der Waals surface area contributed by atoms with Gasteiger partial charge in [0, 0.05) is 11.8 Å². The molecule has 1 atom stereocenters. The summed E-state index contributed by atoms with van der Waals surface area (Å²) in [4.78, 5) is 34.4. The molecule has 0 saturated heterocycles. The fourth-order valence-electron chi connectivity index (χ4n) is 2.25. The van der Waals surface area contributed by atoms with Gasteiger partial charge in [0.15, 0.2) is 0 Å². The standard InChI is InChI=1S/C16H21N3O5/c1-5-24-16(21)14(10(2)3)11(4)17-18-15(20)12-8-6-7-9-13(12)19(22)23/h6-10,14H,5H2,1-4H3,(H,18,20)/b17-11-/t14-/m0/s1. The van der Waals surface area contributed by atoms with Crippen molar-refractivity contribution < 1.29 is 19.2 Å². The number of hydrogen-bond donors (Lipinski definition) is 1. The Balaban J connectivity index is 2.96. The van der Waals surface area contributed by atoms with E-state index in [1.807, 2.05) is 13.8 Å². The molecule has 0 spiro atoms. The number of hydrazone groups is 1. The maximum absolute atomic E-state index is 12.1. The summed E-state index contributed by atoms with van der Waals surface area (Å²) in [7, 11) is 0.